The van der Waals surface area contributed by atoms with Gasteiger partial charge >= 0.3 is 5.97 Å². The number of ether oxygens (including phenoxy) is 3. The Morgan fingerprint density at radius 2 is 1.38 bits per heavy atom. The highest BCUT2D eigenvalue weighted by Gasteiger charge is 2.59. The van der Waals surface area contributed by atoms with E-state index in [-0.39, 0.29) is 12.1 Å². The molecule has 2 aromatic rings. The van der Waals surface area contributed by atoms with Crippen molar-refractivity contribution in [3.05, 3.63) is 60.2 Å². The second-order valence-electron chi connectivity index (χ2n) is 19.3. The number of hydrogen-bond acceptors (Lipinski definition) is 4. The number of benzene rings is 2. The summed E-state index contributed by atoms with van der Waals surface area (Å²) in [5, 5.41) is 0. The van der Waals surface area contributed by atoms with Crippen molar-refractivity contribution in [2.45, 2.75) is 169 Å². The summed E-state index contributed by atoms with van der Waals surface area (Å²) < 4.78 is 17.4. The van der Waals surface area contributed by atoms with Crippen molar-refractivity contribution >= 4 is 5.97 Å². The molecule has 3 fully saturated rings. The molecule has 4 aliphatic carbocycles. The maximum Gasteiger partial charge on any atom is 0.306 e. The first-order valence-electron chi connectivity index (χ1n) is 22.9. The highest BCUT2D eigenvalue weighted by atomic mass is 16.5. The number of allylic oxidation sites excluding steroid dienone is 1. The summed E-state index contributed by atoms with van der Waals surface area (Å²) in [5.41, 5.74) is 4.84. The molecule has 0 aromatic heterocycles. The molecule has 0 bridgehead atoms. The van der Waals surface area contributed by atoms with E-state index in [1.54, 1.807) is 12.7 Å². The zero-order valence-corrected chi connectivity index (χ0v) is 35.7. The number of carbonyl (C=O) groups is 1. The number of hydrogen-bond donors (Lipinski definition) is 0. The third-order valence-electron chi connectivity index (χ3n) is 15.4. The lowest BCUT2D eigenvalue weighted by molar-refractivity contribution is -0.151. The fourth-order valence-corrected chi connectivity index (χ4v) is 12.1. The molecule has 2 aromatic carbocycles. The van der Waals surface area contributed by atoms with Crippen LogP contribution in [0.25, 0.3) is 11.1 Å². The van der Waals surface area contributed by atoms with Crippen molar-refractivity contribution in [1.29, 1.82) is 0 Å². The molecule has 3 saturated carbocycles. The number of fused-ring (bicyclic) bond motifs is 5. The van der Waals surface area contributed by atoms with Crippen LogP contribution in [0.15, 0.2) is 60.2 Å². The lowest BCUT2D eigenvalue weighted by Crippen LogP contribution is -2.51. The maximum atomic E-state index is 12.9. The molecule has 4 nitrogen and oxygen atoms in total. The van der Waals surface area contributed by atoms with Gasteiger partial charge in [0.25, 0.3) is 0 Å². The first-order chi connectivity index (χ1) is 26.6. The average Bonchev–Trinajstić information content (AvgIpc) is 3.54. The minimum absolute atomic E-state index is 0.0335. The van der Waals surface area contributed by atoms with Crippen LogP contribution in [-0.4, -0.2) is 25.8 Å². The van der Waals surface area contributed by atoms with Crippen molar-refractivity contribution < 1.29 is 19.0 Å². The fourth-order valence-electron chi connectivity index (χ4n) is 12.1. The Labute approximate surface area is 336 Å². The predicted molar refractivity (Wildman–Crippen MR) is 228 cm³/mol. The topological polar surface area (TPSA) is 44.8 Å². The van der Waals surface area contributed by atoms with Gasteiger partial charge in [-0.05, 0) is 140 Å². The van der Waals surface area contributed by atoms with Crippen molar-refractivity contribution in [2.75, 3.05) is 13.7 Å². The first kappa shape index (κ1) is 41.9. The van der Waals surface area contributed by atoms with E-state index in [2.05, 4.69) is 77.1 Å². The van der Waals surface area contributed by atoms with Crippen molar-refractivity contribution in [3.8, 4) is 22.6 Å². The van der Waals surface area contributed by atoms with Crippen LogP contribution in [0, 0.1) is 46.3 Å². The molecule has 8 atom stereocenters. The summed E-state index contributed by atoms with van der Waals surface area (Å²) in [6, 6.07) is 16.5. The van der Waals surface area contributed by atoms with Gasteiger partial charge in [0.15, 0.2) is 0 Å². The minimum Gasteiger partial charge on any atom is -0.497 e. The second kappa shape index (κ2) is 19.6. The van der Waals surface area contributed by atoms with Crippen molar-refractivity contribution in [2.24, 2.45) is 46.3 Å². The Hall–Kier alpha value is -2.75. The molecule has 55 heavy (non-hydrogen) atoms. The van der Waals surface area contributed by atoms with Gasteiger partial charge in [-0.1, -0.05) is 128 Å². The highest BCUT2D eigenvalue weighted by Crippen LogP contribution is 2.67. The van der Waals surface area contributed by atoms with E-state index in [9.17, 15) is 4.79 Å². The highest BCUT2D eigenvalue weighted by molar-refractivity contribution is 5.69. The molecule has 0 spiro atoms. The van der Waals surface area contributed by atoms with Gasteiger partial charge in [0.1, 0.15) is 17.6 Å². The van der Waals surface area contributed by atoms with Crippen molar-refractivity contribution in [3.63, 3.8) is 0 Å². The number of methoxy groups -OCH3 is 1. The summed E-state index contributed by atoms with van der Waals surface area (Å²) in [7, 11) is 1.69. The van der Waals surface area contributed by atoms with Crippen LogP contribution in [0.2, 0.25) is 0 Å². The summed E-state index contributed by atoms with van der Waals surface area (Å²) in [6.45, 7) is 13.4. The minimum atomic E-state index is 0.0335. The van der Waals surface area contributed by atoms with E-state index in [0.717, 1.165) is 85.7 Å². The van der Waals surface area contributed by atoms with E-state index in [1.807, 2.05) is 12.1 Å². The molecule has 0 heterocycles. The van der Waals surface area contributed by atoms with E-state index < -0.39 is 0 Å². The van der Waals surface area contributed by atoms with Crippen LogP contribution in [0.1, 0.15) is 163 Å². The molecule has 0 amide bonds. The molecule has 6 rings (SSSR count). The van der Waals surface area contributed by atoms with Gasteiger partial charge < -0.3 is 14.2 Å². The van der Waals surface area contributed by atoms with Crippen LogP contribution in [-0.2, 0) is 9.53 Å². The zero-order chi connectivity index (χ0) is 38.8. The SMILES string of the molecule is COc1ccc(-c2ccc(OCCCCCCCCCCC(=O)O[C@H]3CC[C@@]4(C)C(=CC[C@H]5[C@@H]6CC[C@H]([C@H](C)CCCC(C)C)[C@@]6(C)CC[C@@H]54)C3)cc2)cc1. The summed E-state index contributed by atoms with van der Waals surface area (Å²) >= 11 is 0. The normalized spacial score (nSPS) is 29.1. The van der Waals surface area contributed by atoms with Gasteiger partial charge in [0.2, 0.25) is 0 Å². The number of unbranched alkanes of at least 4 members (excludes halogenated alkanes) is 7. The van der Waals surface area contributed by atoms with Crippen LogP contribution in [0.4, 0.5) is 0 Å². The molecule has 0 unspecified atom stereocenters. The molecule has 0 radical (unpaired) electrons. The third-order valence-corrected chi connectivity index (χ3v) is 15.4. The number of rotatable bonds is 20. The van der Waals surface area contributed by atoms with Crippen molar-refractivity contribution in [1.82, 2.24) is 0 Å². The van der Waals surface area contributed by atoms with E-state index in [4.69, 9.17) is 14.2 Å². The van der Waals surface area contributed by atoms with E-state index in [0.29, 0.717) is 17.3 Å². The molecule has 304 valence electrons. The number of esters is 1. The summed E-state index contributed by atoms with van der Waals surface area (Å²) in [5.74, 6) is 7.02. The Morgan fingerprint density at radius 1 is 0.727 bits per heavy atom. The van der Waals surface area contributed by atoms with Crippen LogP contribution < -0.4 is 9.47 Å². The van der Waals surface area contributed by atoms with Gasteiger partial charge in [-0.25, -0.2) is 0 Å². The average molecular weight is 753 g/mol. The first-order valence-corrected chi connectivity index (χ1v) is 22.9. The van der Waals surface area contributed by atoms with E-state index in [1.165, 1.54) is 101 Å². The van der Waals surface area contributed by atoms with Crippen LogP contribution >= 0.6 is 0 Å². The zero-order valence-electron chi connectivity index (χ0n) is 35.7. The molecule has 0 saturated heterocycles. The molecule has 0 N–H and O–H groups in total. The Balaban J connectivity index is 0.817. The lowest BCUT2D eigenvalue weighted by atomic mass is 9.47. The molecule has 0 aliphatic heterocycles. The second-order valence-corrected chi connectivity index (χ2v) is 19.3. The molecule has 4 heteroatoms. The quantitative estimate of drug-likeness (QED) is 0.0767. The fraction of sp³-hybridized carbons (Fsp3) is 0.706. The Kier molecular flexibility index (Phi) is 14.9. The van der Waals surface area contributed by atoms with E-state index >= 15 is 0 Å². The predicted octanol–water partition coefficient (Wildman–Crippen LogP) is 14.2. The molecular weight excluding hydrogens is 677 g/mol. The van der Waals surface area contributed by atoms with Crippen LogP contribution in [0.5, 0.6) is 11.5 Å². The number of carbonyl (C=O) groups excluding carboxylic acids is 1. The Morgan fingerprint density at radius 3 is 2.05 bits per heavy atom. The lowest BCUT2D eigenvalue weighted by Gasteiger charge is -2.58. The van der Waals surface area contributed by atoms with Gasteiger partial charge in [-0.15, -0.1) is 0 Å². The maximum absolute atomic E-state index is 12.9. The Bertz CT molecular complexity index is 1510. The molecular formula is C51H76O4. The summed E-state index contributed by atoms with van der Waals surface area (Å²) in [4.78, 5) is 12.9. The van der Waals surface area contributed by atoms with Gasteiger partial charge in [-0.3, -0.25) is 4.79 Å². The van der Waals surface area contributed by atoms with Gasteiger partial charge in [-0.2, -0.15) is 0 Å². The smallest absolute Gasteiger partial charge is 0.306 e. The van der Waals surface area contributed by atoms with Crippen LogP contribution in [0.3, 0.4) is 0 Å². The summed E-state index contributed by atoms with van der Waals surface area (Å²) in [6.07, 6.45) is 27.1. The van der Waals surface area contributed by atoms with Gasteiger partial charge in [0, 0.05) is 12.8 Å². The monoisotopic (exact) mass is 753 g/mol. The largest absolute Gasteiger partial charge is 0.497 e. The molecule has 4 aliphatic rings. The standard InChI is InChI=1S/C51H76O4/c1-37(2)16-15-17-38(3)46-29-30-47-45-28-23-41-36-44(31-33-50(41,4)48(45)32-34-51(46,47)5)55-49(52)18-13-11-9-7-8-10-12-14-35-54-43-26-21-40(22-27-43)39-19-24-42(53-6)25-20-39/h19-27,37-38,44-48H,7-18,28-36H2,1-6H3/t38-,44+,45+,46-,47+,48+,50+,51-/m1/s1. The van der Waals surface area contributed by atoms with Gasteiger partial charge in [0.05, 0.1) is 13.7 Å². The third kappa shape index (κ3) is 10.4.